The molecule has 15 saturated carbocycles. The van der Waals surface area contributed by atoms with Crippen LogP contribution in [0.5, 0.6) is 0 Å². The normalized spacial score (nSPS) is 46.1. The van der Waals surface area contributed by atoms with Gasteiger partial charge >= 0.3 is 47.8 Å². The molecule has 0 aromatic heterocycles. The Morgan fingerprint density at radius 1 is 0.367 bits per heavy atom. The van der Waals surface area contributed by atoms with Gasteiger partial charge in [0.1, 0.15) is 36.8 Å². The van der Waals surface area contributed by atoms with Crippen LogP contribution in [-0.2, 0) is 85.7 Å². The molecule has 0 heterocycles. The van der Waals surface area contributed by atoms with Gasteiger partial charge in [0.15, 0.2) is 19.8 Å². The van der Waals surface area contributed by atoms with E-state index in [0.717, 1.165) is 77.0 Å². The highest BCUT2D eigenvalue weighted by Gasteiger charge is 2.62. The van der Waals surface area contributed by atoms with Crippen LogP contribution in [0.15, 0.2) is 36.5 Å². The van der Waals surface area contributed by atoms with Crippen molar-refractivity contribution < 1.29 is 90.8 Å². The zero-order chi connectivity index (χ0) is 62.2. The smallest absolute Gasteiger partial charge is 0.344 e. The summed E-state index contributed by atoms with van der Waals surface area (Å²) in [6.45, 7) is 1.83. The van der Waals surface area contributed by atoms with Crippen molar-refractivity contribution in [1.82, 2.24) is 0 Å². The molecule has 18 aliphatic carbocycles. The number of aliphatic hydroxyl groups is 1. The van der Waals surface area contributed by atoms with Crippen molar-refractivity contribution in [1.29, 1.82) is 0 Å². The maximum atomic E-state index is 14.5. The maximum absolute atomic E-state index is 14.5. The highest BCUT2D eigenvalue weighted by Crippen LogP contribution is 2.63. The number of esters is 8. The molecule has 1 N–H and O–H groups in total. The molecule has 0 radical (unpaired) electrons. The fraction of sp³-hybridized carbons (Fsp3) is 0.803. The molecule has 19 heteroatoms. The van der Waals surface area contributed by atoms with Crippen molar-refractivity contribution in [3.05, 3.63) is 36.5 Å². The van der Waals surface area contributed by atoms with Crippen LogP contribution in [0.25, 0.3) is 0 Å². The number of hydrogen-bond acceptors (Lipinski definition) is 19. The van der Waals surface area contributed by atoms with Crippen LogP contribution >= 0.6 is 0 Å². The third kappa shape index (κ3) is 10.8. The Bertz CT molecular complexity index is 2760. The summed E-state index contributed by atoms with van der Waals surface area (Å²) in [7, 11) is 0. The maximum Gasteiger partial charge on any atom is 0.344 e. The van der Waals surface area contributed by atoms with E-state index in [1.165, 1.54) is 19.3 Å². The minimum Gasteiger partial charge on any atom is -0.465 e. The second kappa shape index (κ2) is 23.4. The van der Waals surface area contributed by atoms with Gasteiger partial charge in [-0.25, -0.2) is 14.4 Å². The molecule has 490 valence electrons. The largest absolute Gasteiger partial charge is 0.465 e. The van der Waals surface area contributed by atoms with E-state index in [-0.39, 0.29) is 65.8 Å². The predicted molar refractivity (Wildman–Crippen MR) is 314 cm³/mol. The molecule has 0 amide bonds. The van der Waals surface area contributed by atoms with Crippen molar-refractivity contribution in [2.24, 2.45) is 142 Å². The molecule has 0 spiro atoms. The van der Waals surface area contributed by atoms with Crippen LogP contribution in [0.1, 0.15) is 136 Å². The van der Waals surface area contributed by atoms with Gasteiger partial charge in [0, 0.05) is 5.92 Å². The first-order valence-corrected chi connectivity index (χ1v) is 34.6. The van der Waals surface area contributed by atoms with Crippen LogP contribution in [-0.4, -0.2) is 129 Å². The van der Waals surface area contributed by atoms with Crippen molar-refractivity contribution in [2.45, 2.75) is 159 Å². The third-order valence-corrected chi connectivity index (χ3v) is 27.1. The van der Waals surface area contributed by atoms with Crippen LogP contribution in [0, 0.1) is 142 Å². The van der Waals surface area contributed by atoms with Gasteiger partial charge in [-0.3, -0.25) is 24.0 Å². The first-order valence-electron chi connectivity index (χ1n) is 34.6. The highest BCUT2D eigenvalue weighted by atomic mass is 16.7. The summed E-state index contributed by atoms with van der Waals surface area (Å²) in [4.78, 5) is 111. The van der Waals surface area contributed by atoms with Crippen LogP contribution in [0.2, 0.25) is 0 Å². The number of carbonyl (C=O) groups is 8. The van der Waals surface area contributed by atoms with Gasteiger partial charge in [0.05, 0.1) is 54.3 Å². The summed E-state index contributed by atoms with van der Waals surface area (Å²) < 4.78 is 60.3. The Morgan fingerprint density at radius 2 is 0.644 bits per heavy atom. The number of fused-ring (bicyclic) bond motifs is 6. The molecule has 18 aliphatic rings. The van der Waals surface area contributed by atoms with Gasteiger partial charge < -0.3 is 52.5 Å². The Kier molecular flexibility index (Phi) is 15.9. The molecule has 0 aromatic carbocycles. The number of rotatable bonds is 24. The Balaban J connectivity index is 0.592. The van der Waals surface area contributed by atoms with E-state index >= 15 is 0 Å². The SMILES string of the molecule is CC1(OC(=O)COC(=O)C2C3C=CC(C3)C2OCOCC(CO)(COC(=O)C2C3C=CC(C3)C2C(=O)OCC(=O)OC2(C)C3CC4CC(C3)CC2C4)COC(=O)C2C3C=CC(C3)C2C(=O)OCC(=O)OC2(C)C3CC4CC(C3)CC2C4)C2CC3CC(C2)CC1C3. The molecule has 18 bridgehead atoms. The van der Waals surface area contributed by atoms with Crippen molar-refractivity contribution in [2.75, 3.05) is 53.0 Å². The van der Waals surface area contributed by atoms with Gasteiger partial charge in [-0.1, -0.05) is 36.5 Å². The molecular formula is C71H92O19. The average Bonchev–Trinajstić information content (AvgIpc) is 1.64. The molecule has 19 nitrogen and oxygen atoms in total. The monoisotopic (exact) mass is 1250 g/mol. The van der Waals surface area contributed by atoms with E-state index in [1.54, 1.807) is 0 Å². The van der Waals surface area contributed by atoms with Crippen molar-refractivity contribution >= 4 is 47.8 Å². The molecule has 0 saturated heterocycles. The first-order chi connectivity index (χ1) is 43.2. The number of aliphatic hydroxyl groups excluding tert-OH is 1. The Hall–Kier alpha value is -5.14. The van der Waals surface area contributed by atoms with Gasteiger partial charge in [-0.2, -0.15) is 0 Å². The molecule has 0 aliphatic heterocycles. The molecule has 15 fully saturated rings. The molecule has 18 rings (SSSR count). The molecule has 90 heavy (non-hydrogen) atoms. The van der Waals surface area contributed by atoms with Crippen LogP contribution in [0.4, 0.5) is 0 Å². The topological polar surface area (TPSA) is 249 Å². The van der Waals surface area contributed by atoms with Crippen molar-refractivity contribution in [3.63, 3.8) is 0 Å². The van der Waals surface area contributed by atoms with Gasteiger partial charge in [-0.05, 0) is 237 Å². The minimum absolute atomic E-state index is 0.155. The van der Waals surface area contributed by atoms with E-state index in [0.29, 0.717) is 66.6 Å². The highest BCUT2D eigenvalue weighted by molar-refractivity contribution is 5.87. The fourth-order valence-electron chi connectivity index (χ4n) is 22.9. The zero-order valence-electron chi connectivity index (χ0n) is 52.5. The molecule has 12 atom stereocenters. The van der Waals surface area contributed by atoms with Gasteiger partial charge in [-0.15, -0.1) is 0 Å². The summed E-state index contributed by atoms with van der Waals surface area (Å²) in [6.07, 6.45) is 28.7. The summed E-state index contributed by atoms with van der Waals surface area (Å²) >= 11 is 0. The summed E-state index contributed by atoms with van der Waals surface area (Å²) in [5.74, 6) is -5.89. The lowest BCUT2D eigenvalue weighted by Crippen LogP contribution is -2.58. The lowest BCUT2D eigenvalue weighted by molar-refractivity contribution is -0.208. The van der Waals surface area contributed by atoms with E-state index in [4.69, 9.17) is 47.4 Å². The Morgan fingerprint density at radius 3 is 0.967 bits per heavy atom. The molecule has 0 aromatic rings. The summed E-state index contributed by atoms with van der Waals surface area (Å²) in [5, 5.41) is 11.4. The fourth-order valence-corrected chi connectivity index (χ4v) is 22.9. The van der Waals surface area contributed by atoms with E-state index in [9.17, 15) is 43.5 Å². The number of ether oxygens (including phenoxy) is 10. The van der Waals surface area contributed by atoms with E-state index < -0.39 is 152 Å². The lowest BCUT2D eigenvalue weighted by Gasteiger charge is -2.59. The number of allylic oxidation sites excluding steroid dienone is 5. The summed E-state index contributed by atoms with van der Waals surface area (Å²) in [6, 6.07) is 0. The number of hydrogen-bond donors (Lipinski definition) is 1. The van der Waals surface area contributed by atoms with Crippen LogP contribution < -0.4 is 0 Å². The quantitative estimate of drug-likeness (QED) is 0.0316. The van der Waals surface area contributed by atoms with Gasteiger partial charge in [0.2, 0.25) is 0 Å². The first kappa shape index (κ1) is 61.1. The second-order valence-electron chi connectivity index (χ2n) is 32.2. The van der Waals surface area contributed by atoms with E-state index in [2.05, 4.69) is 6.92 Å². The Labute approximate surface area is 526 Å². The van der Waals surface area contributed by atoms with Crippen molar-refractivity contribution in [3.8, 4) is 0 Å². The number of carbonyl (C=O) groups excluding carboxylic acids is 8. The van der Waals surface area contributed by atoms with Gasteiger partial charge in [0.25, 0.3) is 0 Å². The second-order valence-corrected chi connectivity index (χ2v) is 32.2. The summed E-state index contributed by atoms with van der Waals surface area (Å²) in [5.41, 5.74) is -3.42. The molecular weight excluding hydrogens is 1160 g/mol. The predicted octanol–water partition coefficient (Wildman–Crippen LogP) is 8.01. The van der Waals surface area contributed by atoms with Crippen LogP contribution in [0.3, 0.4) is 0 Å². The minimum atomic E-state index is -1.63. The zero-order valence-corrected chi connectivity index (χ0v) is 52.5. The third-order valence-electron chi connectivity index (χ3n) is 27.1. The molecule has 12 unspecified atom stereocenters. The average molecular weight is 1250 g/mol. The standard InChI is InChI=1S/C71H92O19/c1-68(48-13-36-10-37(15-48)16-49(68)14-36)88-54(73)28-82-63(76)57-42-4-6-44(25-42)59(57)65(78)85-33-71(31-72,32-81-35-87-62-47-9-8-46(27-47)61(62)67(80)84-30-56(75)90-70(3)52-21-40-12-41(23-52)24-53(70)22-40)34-86-66(79)60-45-7-5-43(26-45)58(60)64(77)83-29-55(74)89-69(2)50-17-38-11-39(19-50)20-51(69)18-38/h4-9,36-53,57-62,72H,10-35H2,1-3H3. The lowest BCUT2D eigenvalue weighted by atomic mass is 9.50. The van der Waals surface area contributed by atoms with E-state index in [1.807, 2.05) is 50.3 Å².